The lowest BCUT2D eigenvalue weighted by Crippen LogP contribution is -2.52. The summed E-state index contributed by atoms with van der Waals surface area (Å²) in [5.41, 5.74) is 2.36. The Kier molecular flexibility index (Phi) is 3.83. The van der Waals surface area contributed by atoms with Gasteiger partial charge in [-0.25, -0.2) is 0 Å². The summed E-state index contributed by atoms with van der Waals surface area (Å²) in [4.78, 5) is 0. The fraction of sp³-hybridized carbons (Fsp3) is 0.400. The Balaban J connectivity index is 2.94. The van der Waals surface area contributed by atoms with Crippen LogP contribution >= 0.6 is 11.6 Å². The monoisotopic (exact) mass is 253 g/mol. The van der Waals surface area contributed by atoms with Crippen molar-refractivity contribution in [2.24, 2.45) is 5.73 Å². The molecule has 0 radical (unpaired) electrons. The lowest BCUT2D eigenvalue weighted by Gasteiger charge is -2.29. The molecule has 0 aliphatic heterocycles. The predicted molar refractivity (Wildman–Crippen MR) is 55.2 cm³/mol. The van der Waals surface area contributed by atoms with E-state index in [1.807, 2.05) is 0 Å². The molecule has 0 aromatic heterocycles. The van der Waals surface area contributed by atoms with E-state index in [4.69, 9.17) is 17.3 Å². The molecule has 0 saturated carbocycles. The SMILES string of the molecule is NCC(O)(Cc1cccc(Cl)c1)C(F)(F)F. The lowest BCUT2D eigenvalue weighted by atomic mass is 9.94. The van der Waals surface area contributed by atoms with Crippen LogP contribution < -0.4 is 5.73 Å². The summed E-state index contributed by atoms with van der Waals surface area (Å²) < 4.78 is 37.6. The molecule has 0 bridgehead atoms. The first-order chi connectivity index (χ1) is 7.28. The second-order valence-corrected chi connectivity index (χ2v) is 3.98. The molecule has 0 saturated heterocycles. The molecule has 0 amide bonds. The van der Waals surface area contributed by atoms with Crippen molar-refractivity contribution in [1.82, 2.24) is 0 Å². The van der Waals surface area contributed by atoms with Gasteiger partial charge in [-0.1, -0.05) is 23.7 Å². The topological polar surface area (TPSA) is 46.2 Å². The van der Waals surface area contributed by atoms with Gasteiger partial charge in [-0.05, 0) is 17.7 Å². The Hall–Kier alpha value is -0.780. The van der Waals surface area contributed by atoms with Gasteiger partial charge in [0.15, 0.2) is 5.60 Å². The van der Waals surface area contributed by atoms with E-state index in [0.29, 0.717) is 5.02 Å². The molecule has 6 heteroatoms. The standard InChI is InChI=1S/C10H11ClF3NO/c11-8-3-1-2-7(4-8)5-9(16,6-15)10(12,13)14/h1-4,16H,5-6,15H2. The van der Waals surface area contributed by atoms with Crippen molar-refractivity contribution < 1.29 is 18.3 Å². The van der Waals surface area contributed by atoms with Crippen LogP contribution in [-0.2, 0) is 6.42 Å². The molecule has 90 valence electrons. The molecule has 0 aliphatic rings. The molecular weight excluding hydrogens is 243 g/mol. The fourth-order valence-corrected chi connectivity index (χ4v) is 1.49. The summed E-state index contributed by atoms with van der Waals surface area (Å²) in [7, 11) is 0. The smallest absolute Gasteiger partial charge is 0.379 e. The first kappa shape index (κ1) is 13.3. The second kappa shape index (κ2) is 4.61. The van der Waals surface area contributed by atoms with E-state index >= 15 is 0 Å². The van der Waals surface area contributed by atoms with Crippen LogP contribution in [0, 0.1) is 0 Å². The molecule has 16 heavy (non-hydrogen) atoms. The van der Waals surface area contributed by atoms with Crippen molar-refractivity contribution in [3.63, 3.8) is 0 Å². The van der Waals surface area contributed by atoms with E-state index in [1.54, 1.807) is 6.07 Å². The molecule has 1 aromatic carbocycles. The number of benzene rings is 1. The molecule has 2 nitrogen and oxygen atoms in total. The maximum atomic E-state index is 12.5. The first-order valence-corrected chi connectivity index (χ1v) is 4.90. The molecular formula is C10H11ClF3NO. The average Bonchev–Trinajstić information content (AvgIpc) is 2.15. The average molecular weight is 254 g/mol. The van der Waals surface area contributed by atoms with Crippen LogP contribution in [0.4, 0.5) is 13.2 Å². The highest BCUT2D eigenvalue weighted by Crippen LogP contribution is 2.32. The van der Waals surface area contributed by atoms with E-state index in [9.17, 15) is 18.3 Å². The maximum Gasteiger partial charge on any atom is 0.418 e. The van der Waals surface area contributed by atoms with Crippen LogP contribution in [0.2, 0.25) is 5.02 Å². The van der Waals surface area contributed by atoms with Gasteiger partial charge in [0.25, 0.3) is 0 Å². The van der Waals surface area contributed by atoms with E-state index in [0.717, 1.165) is 0 Å². The van der Waals surface area contributed by atoms with Crippen molar-refractivity contribution >= 4 is 11.6 Å². The van der Waals surface area contributed by atoms with Crippen molar-refractivity contribution in [3.8, 4) is 0 Å². The van der Waals surface area contributed by atoms with Gasteiger partial charge in [-0.2, -0.15) is 13.2 Å². The van der Waals surface area contributed by atoms with E-state index in [-0.39, 0.29) is 5.56 Å². The number of halogens is 4. The lowest BCUT2D eigenvalue weighted by molar-refractivity contribution is -0.255. The van der Waals surface area contributed by atoms with Gasteiger partial charge in [0.05, 0.1) is 0 Å². The minimum Gasteiger partial charge on any atom is -0.379 e. The van der Waals surface area contributed by atoms with Gasteiger partial charge >= 0.3 is 6.18 Å². The minimum absolute atomic E-state index is 0.290. The van der Waals surface area contributed by atoms with Gasteiger partial charge < -0.3 is 10.8 Å². The Morgan fingerprint density at radius 2 is 1.94 bits per heavy atom. The zero-order valence-corrected chi connectivity index (χ0v) is 9.02. The van der Waals surface area contributed by atoms with Crippen molar-refractivity contribution in [1.29, 1.82) is 0 Å². The summed E-state index contributed by atoms with van der Waals surface area (Å²) in [5.74, 6) is 0. The van der Waals surface area contributed by atoms with Crippen molar-refractivity contribution in [3.05, 3.63) is 34.9 Å². The fourth-order valence-electron chi connectivity index (χ4n) is 1.27. The third-order valence-corrected chi connectivity index (χ3v) is 2.49. The highest BCUT2D eigenvalue weighted by atomic mass is 35.5. The molecule has 1 aromatic rings. The Bertz CT molecular complexity index is 369. The zero-order chi connectivity index (χ0) is 12.4. The summed E-state index contributed by atoms with van der Waals surface area (Å²) in [5, 5.41) is 9.73. The van der Waals surface area contributed by atoms with Gasteiger partial charge in [0, 0.05) is 18.0 Å². The van der Waals surface area contributed by atoms with Crippen molar-refractivity contribution in [2.75, 3.05) is 6.54 Å². The first-order valence-electron chi connectivity index (χ1n) is 4.52. The predicted octanol–water partition coefficient (Wildman–Crippen LogP) is 2.13. The van der Waals surface area contributed by atoms with Crippen LogP contribution in [0.3, 0.4) is 0 Å². The van der Waals surface area contributed by atoms with Crippen LogP contribution in [0.5, 0.6) is 0 Å². The van der Waals surface area contributed by atoms with Gasteiger partial charge in [-0.15, -0.1) is 0 Å². The van der Waals surface area contributed by atoms with Crippen LogP contribution in [0.25, 0.3) is 0 Å². The van der Waals surface area contributed by atoms with E-state index in [2.05, 4.69) is 0 Å². The number of rotatable bonds is 3. The number of hydrogen-bond donors (Lipinski definition) is 2. The van der Waals surface area contributed by atoms with Crippen LogP contribution in [-0.4, -0.2) is 23.4 Å². The van der Waals surface area contributed by atoms with E-state index < -0.39 is 24.7 Å². The Morgan fingerprint density at radius 1 is 1.31 bits per heavy atom. The molecule has 3 N–H and O–H groups in total. The molecule has 0 spiro atoms. The molecule has 1 rings (SSSR count). The molecule has 0 fully saturated rings. The Labute approximate surface area is 95.8 Å². The summed E-state index contributed by atoms with van der Waals surface area (Å²) in [6, 6.07) is 5.89. The molecule has 1 unspecified atom stereocenters. The zero-order valence-electron chi connectivity index (χ0n) is 8.26. The normalized spacial score (nSPS) is 15.9. The summed E-state index contributed by atoms with van der Waals surface area (Å²) >= 11 is 5.64. The number of hydrogen-bond acceptors (Lipinski definition) is 2. The largest absolute Gasteiger partial charge is 0.418 e. The summed E-state index contributed by atoms with van der Waals surface area (Å²) in [6.07, 6.45) is -5.36. The Morgan fingerprint density at radius 3 is 2.38 bits per heavy atom. The number of nitrogens with two attached hydrogens (primary N) is 1. The summed E-state index contributed by atoms with van der Waals surface area (Å²) in [6.45, 7) is -0.886. The highest BCUT2D eigenvalue weighted by molar-refractivity contribution is 6.30. The maximum absolute atomic E-state index is 12.5. The quantitative estimate of drug-likeness (QED) is 0.867. The van der Waals surface area contributed by atoms with Crippen LogP contribution in [0.15, 0.2) is 24.3 Å². The highest BCUT2D eigenvalue weighted by Gasteiger charge is 2.52. The minimum atomic E-state index is -4.76. The number of aliphatic hydroxyl groups is 1. The van der Waals surface area contributed by atoms with E-state index in [1.165, 1.54) is 18.2 Å². The second-order valence-electron chi connectivity index (χ2n) is 3.54. The number of alkyl halides is 3. The molecule has 0 aliphatic carbocycles. The molecule has 1 atom stereocenters. The van der Waals surface area contributed by atoms with Gasteiger partial charge in [-0.3, -0.25) is 0 Å². The van der Waals surface area contributed by atoms with Gasteiger partial charge in [0.1, 0.15) is 0 Å². The third-order valence-electron chi connectivity index (χ3n) is 2.25. The molecule has 0 heterocycles. The van der Waals surface area contributed by atoms with Gasteiger partial charge in [0.2, 0.25) is 0 Å². The van der Waals surface area contributed by atoms with Crippen molar-refractivity contribution in [2.45, 2.75) is 18.2 Å². The van der Waals surface area contributed by atoms with Crippen LogP contribution in [0.1, 0.15) is 5.56 Å². The third kappa shape index (κ3) is 2.87.